The zero-order valence-electron chi connectivity index (χ0n) is 12.5. The van der Waals surface area contributed by atoms with Gasteiger partial charge in [0.15, 0.2) is 0 Å². The first-order valence-electron chi connectivity index (χ1n) is 6.83. The molecule has 0 atom stereocenters. The van der Waals surface area contributed by atoms with E-state index in [1.807, 2.05) is 0 Å². The van der Waals surface area contributed by atoms with Crippen molar-refractivity contribution >= 4 is 10.3 Å². The fraction of sp³-hybridized carbons (Fsp3) is 0.0667. The van der Waals surface area contributed by atoms with Crippen LogP contribution in [0.4, 0.5) is 4.39 Å². The van der Waals surface area contributed by atoms with Crippen LogP contribution < -0.4 is 9.32 Å². The van der Waals surface area contributed by atoms with E-state index >= 15 is 0 Å². The summed E-state index contributed by atoms with van der Waals surface area (Å²) in [5, 5.41) is 12.7. The second-order valence-electron chi connectivity index (χ2n) is 5.10. The zero-order chi connectivity index (χ0) is 17.3. The molecule has 0 unspecified atom stereocenters. The Morgan fingerprint density at radius 2 is 1.88 bits per heavy atom. The van der Waals surface area contributed by atoms with Crippen LogP contribution >= 0.6 is 0 Å². The van der Waals surface area contributed by atoms with Crippen LogP contribution in [-0.4, -0.2) is 23.4 Å². The number of nitrogens with two attached hydrogens (primary N) is 1. The first-order valence-corrected chi connectivity index (χ1v) is 8.30. The van der Waals surface area contributed by atoms with E-state index in [1.54, 1.807) is 37.4 Å². The van der Waals surface area contributed by atoms with Crippen LogP contribution in [0.15, 0.2) is 48.7 Å². The van der Waals surface area contributed by atoms with Gasteiger partial charge in [0, 0.05) is 5.56 Å². The largest absolute Gasteiger partial charge is 0.380 e. The van der Waals surface area contributed by atoms with Gasteiger partial charge in [0.25, 0.3) is 0 Å². The normalized spacial score (nSPS) is 11.5. The molecule has 0 aliphatic rings. The SMILES string of the molecule is Cc1ccc(-n2cc(-c3ccc(OS(N)(=O)=O)cc3)nn2)c(F)c1. The molecule has 2 aromatic carbocycles. The Kier molecular flexibility index (Phi) is 4.04. The van der Waals surface area contributed by atoms with Gasteiger partial charge in [-0.1, -0.05) is 11.3 Å². The van der Waals surface area contributed by atoms with Crippen molar-refractivity contribution < 1.29 is 17.0 Å². The zero-order valence-corrected chi connectivity index (χ0v) is 13.4. The van der Waals surface area contributed by atoms with Gasteiger partial charge in [0.2, 0.25) is 0 Å². The Bertz CT molecular complexity index is 984. The fourth-order valence-electron chi connectivity index (χ4n) is 2.13. The standard InChI is InChI=1S/C15H13FN4O3S/c1-10-2-7-15(13(16)8-10)20-9-14(18-19-20)11-3-5-12(6-4-11)23-24(17,21)22/h2-9H,1H3,(H2,17,21,22). The van der Waals surface area contributed by atoms with Crippen molar-refractivity contribution in [3.05, 3.63) is 60.0 Å². The molecule has 7 nitrogen and oxygen atoms in total. The average Bonchev–Trinajstić information content (AvgIpc) is 2.96. The third-order valence-corrected chi connectivity index (χ3v) is 3.63. The lowest BCUT2D eigenvalue weighted by Crippen LogP contribution is -2.18. The second kappa shape index (κ2) is 6.02. The molecule has 124 valence electrons. The maximum absolute atomic E-state index is 14.0. The monoisotopic (exact) mass is 348 g/mol. The lowest BCUT2D eigenvalue weighted by atomic mass is 10.1. The fourth-order valence-corrected chi connectivity index (χ4v) is 2.51. The first-order chi connectivity index (χ1) is 11.3. The molecule has 9 heteroatoms. The van der Waals surface area contributed by atoms with E-state index in [0.29, 0.717) is 11.3 Å². The highest BCUT2D eigenvalue weighted by Gasteiger charge is 2.10. The highest BCUT2D eigenvalue weighted by atomic mass is 32.2. The summed E-state index contributed by atoms with van der Waals surface area (Å²) in [6.45, 7) is 1.80. The van der Waals surface area contributed by atoms with Gasteiger partial charge >= 0.3 is 10.3 Å². The van der Waals surface area contributed by atoms with E-state index in [-0.39, 0.29) is 11.4 Å². The topological polar surface area (TPSA) is 100 Å². The lowest BCUT2D eigenvalue weighted by Gasteiger charge is -2.03. The molecule has 0 aliphatic carbocycles. The number of aryl methyl sites for hydroxylation is 1. The minimum absolute atomic E-state index is 0.0817. The molecule has 0 saturated heterocycles. The number of aromatic nitrogens is 3. The van der Waals surface area contributed by atoms with Crippen LogP contribution in [-0.2, 0) is 10.3 Å². The van der Waals surface area contributed by atoms with Crippen molar-refractivity contribution in [3.8, 4) is 22.7 Å². The summed E-state index contributed by atoms with van der Waals surface area (Å²) >= 11 is 0. The van der Waals surface area contributed by atoms with Crippen molar-refractivity contribution in [3.63, 3.8) is 0 Å². The summed E-state index contributed by atoms with van der Waals surface area (Å²) in [5.74, 6) is -0.318. The Labute approximate surface area is 137 Å². The van der Waals surface area contributed by atoms with Gasteiger partial charge in [-0.15, -0.1) is 5.10 Å². The molecule has 24 heavy (non-hydrogen) atoms. The molecule has 0 radical (unpaired) electrons. The lowest BCUT2D eigenvalue weighted by molar-refractivity contribution is 0.488. The molecule has 1 heterocycles. The molecule has 0 spiro atoms. The van der Waals surface area contributed by atoms with Crippen LogP contribution in [0.5, 0.6) is 5.75 Å². The van der Waals surface area contributed by atoms with Crippen molar-refractivity contribution in [2.24, 2.45) is 5.14 Å². The van der Waals surface area contributed by atoms with E-state index < -0.39 is 16.1 Å². The van der Waals surface area contributed by atoms with Gasteiger partial charge in [-0.05, 0) is 48.9 Å². The summed E-state index contributed by atoms with van der Waals surface area (Å²) in [6, 6.07) is 10.9. The minimum Gasteiger partial charge on any atom is -0.371 e. The molecule has 3 aromatic rings. The smallest absolute Gasteiger partial charge is 0.371 e. The number of nitrogens with zero attached hydrogens (tertiary/aromatic N) is 3. The van der Waals surface area contributed by atoms with Gasteiger partial charge < -0.3 is 4.18 Å². The molecule has 0 bridgehead atoms. The van der Waals surface area contributed by atoms with Crippen LogP contribution in [0.2, 0.25) is 0 Å². The second-order valence-corrected chi connectivity index (χ2v) is 6.26. The molecular weight excluding hydrogens is 335 g/mol. The quantitative estimate of drug-likeness (QED) is 0.777. The molecule has 0 amide bonds. The highest BCUT2D eigenvalue weighted by Crippen LogP contribution is 2.22. The average molecular weight is 348 g/mol. The van der Waals surface area contributed by atoms with Gasteiger partial charge in [-0.3, -0.25) is 0 Å². The molecule has 0 fully saturated rings. The summed E-state index contributed by atoms with van der Waals surface area (Å²) in [4.78, 5) is 0. The van der Waals surface area contributed by atoms with E-state index in [4.69, 9.17) is 5.14 Å². The summed E-state index contributed by atoms with van der Waals surface area (Å²) in [7, 11) is -4.07. The van der Waals surface area contributed by atoms with Gasteiger partial charge in [0.1, 0.15) is 22.9 Å². The molecular formula is C15H13FN4O3S. The number of hydrogen-bond acceptors (Lipinski definition) is 5. The van der Waals surface area contributed by atoms with Crippen molar-refractivity contribution in [1.82, 2.24) is 15.0 Å². The molecule has 0 aliphatic heterocycles. The van der Waals surface area contributed by atoms with Crippen LogP contribution in [0, 0.1) is 12.7 Å². The Morgan fingerprint density at radius 3 is 2.50 bits per heavy atom. The highest BCUT2D eigenvalue weighted by molar-refractivity contribution is 7.84. The third kappa shape index (κ3) is 3.58. The Balaban J connectivity index is 1.88. The number of halogens is 1. The number of benzene rings is 2. The summed E-state index contributed by atoms with van der Waals surface area (Å²) < 4.78 is 41.6. The van der Waals surface area contributed by atoms with Crippen LogP contribution in [0.1, 0.15) is 5.56 Å². The van der Waals surface area contributed by atoms with Crippen molar-refractivity contribution in [2.45, 2.75) is 6.92 Å². The van der Waals surface area contributed by atoms with E-state index in [1.165, 1.54) is 22.9 Å². The van der Waals surface area contributed by atoms with E-state index in [2.05, 4.69) is 14.5 Å². The van der Waals surface area contributed by atoms with E-state index in [9.17, 15) is 12.8 Å². The molecule has 1 aromatic heterocycles. The van der Waals surface area contributed by atoms with Crippen molar-refractivity contribution in [2.75, 3.05) is 0 Å². The Hall–Kier alpha value is -2.78. The number of rotatable bonds is 4. The van der Waals surface area contributed by atoms with Gasteiger partial charge in [-0.2, -0.15) is 13.6 Å². The number of hydrogen-bond donors (Lipinski definition) is 1. The first kappa shape index (κ1) is 16.1. The van der Waals surface area contributed by atoms with Crippen LogP contribution in [0.3, 0.4) is 0 Å². The summed E-state index contributed by atoms with van der Waals surface area (Å²) in [6.07, 6.45) is 1.57. The van der Waals surface area contributed by atoms with E-state index in [0.717, 1.165) is 5.56 Å². The maximum atomic E-state index is 14.0. The Morgan fingerprint density at radius 1 is 1.17 bits per heavy atom. The van der Waals surface area contributed by atoms with Gasteiger partial charge in [-0.25, -0.2) is 9.07 Å². The molecule has 2 N–H and O–H groups in total. The predicted molar refractivity (Wildman–Crippen MR) is 85.2 cm³/mol. The van der Waals surface area contributed by atoms with Gasteiger partial charge in [0.05, 0.1) is 6.20 Å². The summed E-state index contributed by atoms with van der Waals surface area (Å²) in [5.41, 5.74) is 2.25. The van der Waals surface area contributed by atoms with Crippen molar-refractivity contribution in [1.29, 1.82) is 0 Å². The third-order valence-electron chi connectivity index (χ3n) is 3.21. The maximum Gasteiger partial charge on any atom is 0.380 e. The minimum atomic E-state index is -4.07. The van der Waals surface area contributed by atoms with Crippen LogP contribution in [0.25, 0.3) is 16.9 Å². The predicted octanol–water partition coefficient (Wildman–Crippen LogP) is 1.96. The molecule has 3 rings (SSSR count). The molecule has 0 saturated carbocycles.